The van der Waals surface area contributed by atoms with Gasteiger partial charge in [0, 0.05) is 41.9 Å². The van der Waals surface area contributed by atoms with Gasteiger partial charge in [0.1, 0.15) is 0 Å². The van der Waals surface area contributed by atoms with Gasteiger partial charge in [-0.15, -0.1) is 10.6 Å². The van der Waals surface area contributed by atoms with Crippen molar-refractivity contribution in [1.29, 1.82) is 0 Å². The van der Waals surface area contributed by atoms with E-state index in [1.807, 2.05) is 12.1 Å². The number of amidine groups is 1. The first-order chi connectivity index (χ1) is 16.0. The molecule has 0 radical (unpaired) electrons. The Bertz CT molecular complexity index is 1060. The number of pyridine rings is 1. The number of halogens is 1. The van der Waals surface area contributed by atoms with E-state index < -0.39 is 0 Å². The Morgan fingerprint density at radius 3 is 2.64 bits per heavy atom. The van der Waals surface area contributed by atoms with Crippen molar-refractivity contribution in [3.05, 3.63) is 63.2 Å². The summed E-state index contributed by atoms with van der Waals surface area (Å²) < 4.78 is 0.816. The maximum atomic E-state index is 12.7. The molecule has 0 bridgehead atoms. The van der Waals surface area contributed by atoms with Crippen molar-refractivity contribution in [2.75, 3.05) is 18.9 Å². The van der Waals surface area contributed by atoms with Crippen LogP contribution in [0.1, 0.15) is 24.1 Å². The SMILES string of the molecule is CN(CCCC(=O)Nc1ccc(C2=NNNN2)cc1)C(=O)/C(=C/c1ccc(Br)cn1)SC=O. The number of carbonyl (C=O) groups excluding carboxylic acids is 3. The Labute approximate surface area is 203 Å². The topological polar surface area (TPSA) is 128 Å². The third-order valence-corrected chi connectivity index (χ3v) is 5.62. The van der Waals surface area contributed by atoms with Crippen LogP contribution in [-0.2, 0) is 14.4 Å². The number of hydrogen-bond acceptors (Lipinski definition) is 9. The molecule has 2 aromatic rings. The van der Waals surface area contributed by atoms with Crippen molar-refractivity contribution < 1.29 is 14.4 Å². The summed E-state index contributed by atoms with van der Waals surface area (Å²) >= 11 is 4.11. The van der Waals surface area contributed by atoms with Gasteiger partial charge in [-0.25, -0.2) is 5.53 Å². The summed E-state index contributed by atoms with van der Waals surface area (Å²) in [6.07, 6.45) is 3.90. The number of nitrogens with one attached hydrogen (secondary N) is 4. The minimum absolute atomic E-state index is 0.152. The van der Waals surface area contributed by atoms with Gasteiger partial charge in [-0.05, 0) is 76.6 Å². The van der Waals surface area contributed by atoms with Gasteiger partial charge >= 0.3 is 0 Å². The number of hydrazone groups is 1. The highest BCUT2D eigenvalue weighted by Crippen LogP contribution is 2.20. The Morgan fingerprint density at radius 2 is 2.00 bits per heavy atom. The Morgan fingerprint density at radius 1 is 1.21 bits per heavy atom. The molecule has 1 aromatic heterocycles. The van der Waals surface area contributed by atoms with Crippen molar-refractivity contribution in [1.82, 2.24) is 26.4 Å². The van der Waals surface area contributed by atoms with Crippen LogP contribution in [0.2, 0.25) is 0 Å². The Kier molecular flexibility index (Phi) is 8.98. The van der Waals surface area contributed by atoms with E-state index >= 15 is 0 Å². The zero-order valence-corrected chi connectivity index (χ0v) is 20.1. The van der Waals surface area contributed by atoms with Gasteiger partial charge in [-0.1, -0.05) is 0 Å². The van der Waals surface area contributed by atoms with Crippen molar-refractivity contribution in [2.45, 2.75) is 12.8 Å². The maximum Gasteiger partial charge on any atom is 0.260 e. The number of amides is 2. The van der Waals surface area contributed by atoms with Gasteiger partial charge in [0.2, 0.25) is 5.91 Å². The zero-order valence-electron chi connectivity index (χ0n) is 17.7. The molecule has 0 unspecified atom stereocenters. The van der Waals surface area contributed by atoms with Crippen LogP contribution < -0.4 is 21.8 Å². The number of aromatic nitrogens is 1. The lowest BCUT2D eigenvalue weighted by Crippen LogP contribution is -2.35. The van der Waals surface area contributed by atoms with Crippen LogP contribution in [0.15, 0.2) is 57.1 Å². The predicted octanol–water partition coefficient (Wildman–Crippen LogP) is 2.26. The molecule has 172 valence electrons. The summed E-state index contributed by atoms with van der Waals surface area (Å²) in [5.74, 6) is 0.193. The van der Waals surface area contributed by atoms with Gasteiger partial charge in [0.25, 0.3) is 5.91 Å². The first kappa shape index (κ1) is 24.4. The summed E-state index contributed by atoms with van der Waals surface area (Å²) in [5, 5.41) is 6.85. The second-order valence-electron chi connectivity index (χ2n) is 6.90. The van der Waals surface area contributed by atoms with Crippen molar-refractivity contribution in [2.24, 2.45) is 5.10 Å². The normalized spacial score (nSPS) is 12.9. The van der Waals surface area contributed by atoms with E-state index in [9.17, 15) is 14.4 Å². The van der Waals surface area contributed by atoms with Gasteiger partial charge in [0.05, 0.1) is 10.6 Å². The number of hydrogen-bond donors (Lipinski definition) is 4. The molecule has 4 N–H and O–H groups in total. The van der Waals surface area contributed by atoms with Crippen molar-refractivity contribution >= 4 is 62.7 Å². The summed E-state index contributed by atoms with van der Waals surface area (Å²) in [7, 11) is 1.64. The quantitative estimate of drug-likeness (QED) is 0.271. The van der Waals surface area contributed by atoms with Crippen LogP contribution in [0.25, 0.3) is 6.08 Å². The van der Waals surface area contributed by atoms with Gasteiger partial charge in [-0.2, -0.15) is 0 Å². The molecular formula is C21H22BrN7O3S. The van der Waals surface area contributed by atoms with Crippen LogP contribution in [0.5, 0.6) is 0 Å². The first-order valence-electron chi connectivity index (χ1n) is 9.89. The standard InChI is InChI=1S/C21H22BrN7O3S/c1-29(21(32)18(33-13-30)11-17-9-6-15(22)12-23-17)10-2-3-19(31)24-16-7-4-14(5-8-16)20-25-27-28-26-20/h4-9,11-13,27-28H,2-3,10H2,1H3,(H,24,31)(H,25,26)/b18-11-. The largest absolute Gasteiger partial charge is 0.341 e. The molecule has 0 saturated carbocycles. The summed E-state index contributed by atoms with van der Waals surface area (Å²) in [4.78, 5) is 42.0. The average Bonchev–Trinajstić information content (AvgIpc) is 3.35. The molecule has 3 rings (SSSR count). The molecule has 12 heteroatoms. The molecule has 0 saturated heterocycles. The van der Waals surface area contributed by atoms with Crippen molar-refractivity contribution in [3.8, 4) is 0 Å². The molecule has 10 nitrogen and oxygen atoms in total. The fourth-order valence-electron chi connectivity index (χ4n) is 2.84. The van der Waals surface area contributed by atoms with E-state index in [0.29, 0.717) is 35.8 Å². The van der Waals surface area contributed by atoms with Crippen LogP contribution in [0, 0.1) is 0 Å². The highest BCUT2D eigenvalue weighted by atomic mass is 79.9. The number of carbonyl (C=O) groups is 3. The lowest BCUT2D eigenvalue weighted by Gasteiger charge is -2.17. The highest BCUT2D eigenvalue weighted by Gasteiger charge is 2.16. The first-order valence-corrected chi connectivity index (χ1v) is 11.6. The molecular weight excluding hydrogens is 510 g/mol. The maximum absolute atomic E-state index is 12.7. The molecule has 0 aliphatic carbocycles. The van der Waals surface area contributed by atoms with E-state index in [2.05, 4.69) is 47.8 Å². The van der Waals surface area contributed by atoms with Crippen LogP contribution in [0.4, 0.5) is 5.69 Å². The van der Waals surface area contributed by atoms with E-state index in [4.69, 9.17) is 0 Å². The molecule has 0 atom stereocenters. The van der Waals surface area contributed by atoms with Crippen molar-refractivity contribution in [3.63, 3.8) is 0 Å². The van der Waals surface area contributed by atoms with E-state index in [0.717, 1.165) is 21.8 Å². The second-order valence-corrected chi connectivity index (χ2v) is 8.69. The third kappa shape index (κ3) is 7.41. The molecule has 33 heavy (non-hydrogen) atoms. The zero-order chi connectivity index (χ0) is 23.6. The van der Waals surface area contributed by atoms with Gasteiger partial charge < -0.3 is 10.2 Å². The van der Waals surface area contributed by atoms with Gasteiger partial charge in [-0.3, -0.25) is 24.8 Å². The number of likely N-dealkylation sites (N-methyl/N-ethyl adjacent to an activating group) is 1. The lowest BCUT2D eigenvalue weighted by atomic mass is 10.2. The minimum atomic E-state index is -0.305. The summed E-state index contributed by atoms with van der Waals surface area (Å²) in [6.45, 7) is 0.362. The van der Waals surface area contributed by atoms with Gasteiger partial charge in [0.15, 0.2) is 11.5 Å². The molecule has 1 aliphatic heterocycles. The number of benzene rings is 1. The smallest absolute Gasteiger partial charge is 0.260 e. The second kappa shape index (κ2) is 12.1. The molecule has 0 spiro atoms. The number of rotatable bonds is 10. The molecule has 2 heterocycles. The van der Waals surface area contributed by atoms with Crippen LogP contribution >= 0.6 is 27.7 Å². The number of anilines is 1. The molecule has 1 aromatic carbocycles. The summed E-state index contributed by atoms with van der Waals surface area (Å²) in [6, 6.07) is 10.8. The van der Waals surface area contributed by atoms with E-state index in [1.54, 1.807) is 43.6 Å². The lowest BCUT2D eigenvalue weighted by molar-refractivity contribution is -0.125. The number of thioether (sulfide) groups is 1. The Balaban J connectivity index is 1.48. The predicted molar refractivity (Wildman–Crippen MR) is 132 cm³/mol. The van der Waals surface area contributed by atoms with Crippen LogP contribution in [-0.4, -0.2) is 46.7 Å². The monoisotopic (exact) mass is 531 g/mol. The molecule has 2 amide bonds. The minimum Gasteiger partial charge on any atom is -0.341 e. The molecule has 0 fully saturated rings. The van der Waals surface area contributed by atoms with E-state index in [1.165, 1.54) is 4.90 Å². The third-order valence-electron chi connectivity index (χ3n) is 4.51. The summed E-state index contributed by atoms with van der Waals surface area (Å²) in [5.41, 5.74) is 10.8. The fraction of sp³-hybridized carbons (Fsp3) is 0.190. The average molecular weight is 532 g/mol. The Hall–Kier alpha value is -3.22. The number of hydrazine groups is 2. The van der Waals surface area contributed by atoms with E-state index in [-0.39, 0.29) is 23.1 Å². The highest BCUT2D eigenvalue weighted by molar-refractivity contribution is 9.10. The molecule has 1 aliphatic rings. The fourth-order valence-corrected chi connectivity index (χ4v) is 3.63. The number of nitrogens with zero attached hydrogens (tertiary/aromatic N) is 3. The van der Waals surface area contributed by atoms with Crippen LogP contribution in [0.3, 0.4) is 0 Å².